The van der Waals surface area contributed by atoms with Crippen LogP contribution >= 0.6 is 11.3 Å². The molecule has 0 aliphatic heterocycles. The highest BCUT2D eigenvalue weighted by Crippen LogP contribution is 2.27. The van der Waals surface area contributed by atoms with E-state index < -0.39 is 17.8 Å². The Morgan fingerprint density at radius 3 is 2.08 bits per heavy atom. The van der Waals surface area contributed by atoms with E-state index in [1.807, 2.05) is 0 Å². The lowest BCUT2D eigenvalue weighted by molar-refractivity contribution is 0.0686. The van der Waals surface area contributed by atoms with E-state index >= 15 is 0 Å². The first-order chi connectivity index (χ1) is 11.4. The molecule has 0 aliphatic carbocycles. The molecule has 7 nitrogen and oxygen atoms in total. The third kappa shape index (κ3) is 3.08. The number of nitrogens with zero attached hydrogens (tertiary/aromatic N) is 1. The number of rotatable bonds is 4. The third-order valence-electron chi connectivity index (χ3n) is 3.25. The fraction of sp³-hybridized carbons (Fsp3) is 0. The number of hydrogen-bond acceptors (Lipinski definition) is 5. The van der Waals surface area contributed by atoms with Crippen LogP contribution in [0, 0.1) is 0 Å². The SMILES string of the molecule is O=C(O)c1ccc(C(=O)Nc2nc3ccc(C(=O)O)cc3s2)cc1. The Hall–Kier alpha value is -3.26. The van der Waals surface area contributed by atoms with Crippen molar-refractivity contribution < 1.29 is 24.6 Å². The lowest BCUT2D eigenvalue weighted by Crippen LogP contribution is -2.11. The maximum absolute atomic E-state index is 12.2. The largest absolute Gasteiger partial charge is 0.478 e. The maximum Gasteiger partial charge on any atom is 0.335 e. The number of carbonyl (C=O) groups excluding carboxylic acids is 1. The van der Waals surface area contributed by atoms with Crippen LogP contribution in [0.1, 0.15) is 31.1 Å². The van der Waals surface area contributed by atoms with Gasteiger partial charge in [0.2, 0.25) is 0 Å². The topological polar surface area (TPSA) is 117 Å². The second-order valence-corrected chi connectivity index (χ2v) is 5.87. The van der Waals surface area contributed by atoms with Gasteiger partial charge in [0.25, 0.3) is 5.91 Å². The molecule has 1 heterocycles. The van der Waals surface area contributed by atoms with Crippen LogP contribution in [0.5, 0.6) is 0 Å². The summed E-state index contributed by atoms with van der Waals surface area (Å²) in [4.78, 5) is 38.1. The van der Waals surface area contributed by atoms with Gasteiger partial charge in [-0.15, -0.1) is 0 Å². The Morgan fingerprint density at radius 1 is 0.875 bits per heavy atom. The van der Waals surface area contributed by atoms with Gasteiger partial charge in [0.15, 0.2) is 5.13 Å². The van der Waals surface area contributed by atoms with Crippen molar-refractivity contribution in [2.24, 2.45) is 0 Å². The summed E-state index contributed by atoms with van der Waals surface area (Å²) in [6.45, 7) is 0. The average molecular weight is 342 g/mol. The molecule has 0 fully saturated rings. The summed E-state index contributed by atoms with van der Waals surface area (Å²) in [5, 5.41) is 20.8. The van der Waals surface area contributed by atoms with Crippen LogP contribution in [0.3, 0.4) is 0 Å². The number of aromatic nitrogens is 1. The highest BCUT2D eigenvalue weighted by Gasteiger charge is 2.12. The van der Waals surface area contributed by atoms with Gasteiger partial charge in [0.05, 0.1) is 21.3 Å². The lowest BCUT2D eigenvalue weighted by Gasteiger charge is -2.01. The average Bonchev–Trinajstić information content (AvgIpc) is 2.96. The minimum absolute atomic E-state index is 0.0905. The fourth-order valence-electron chi connectivity index (χ4n) is 2.04. The van der Waals surface area contributed by atoms with Crippen molar-refractivity contribution in [1.29, 1.82) is 0 Å². The van der Waals surface area contributed by atoms with Gasteiger partial charge in [-0.1, -0.05) is 11.3 Å². The molecule has 1 aromatic heterocycles. The second-order valence-electron chi connectivity index (χ2n) is 4.84. The van der Waals surface area contributed by atoms with Gasteiger partial charge in [-0.3, -0.25) is 10.1 Å². The predicted molar refractivity (Wildman–Crippen MR) is 87.9 cm³/mol. The van der Waals surface area contributed by atoms with Crippen LogP contribution in [0.25, 0.3) is 10.2 Å². The Kier molecular flexibility index (Phi) is 3.97. The van der Waals surface area contributed by atoms with Crippen LogP contribution in [0.15, 0.2) is 42.5 Å². The van der Waals surface area contributed by atoms with Crippen molar-refractivity contribution in [3.8, 4) is 0 Å². The van der Waals surface area contributed by atoms with Crippen molar-refractivity contribution in [1.82, 2.24) is 4.98 Å². The normalized spacial score (nSPS) is 10.5. The van der Waals surface area contributed by atoms with E-state index in [1.54, 1.807) is 6.07 Å². The number of hydrogen-bond donors (Lipinski definition) is 3. The number of carboxylic acid groups (broad SMARTS) is 2. The van der Waals surface area contributed by atoms with Crippen LogP contribution in [-0.4, -0.2) is 33.0 Å². The Morgan fingerprint density at radius 2 is 1.46 bits per heavy atom. The van der Waals surface area contributed by atoms with Crippen molar-refractivity contribution in [3.63, 3.8) is 0 Å². The third-order valence-corrected chi connectivity index (χ3v) is 4.18. The molecule has 1 amide bonds. The van der Waals surface area contributed by atoms with Crippen molar-refractivity contribution in [3.05, 3.63) is 59.2 Å². The number of aromatic carboxylic acids is 2. The minimum Gasteiger partial charge on any atom is -0.478 e. The molecule has 8 heteroatoms. The van der Waals surface area contributed by atoms with E-state index in [1.165, 1.54) is 36.4 Å². The van der Waals surface area contributed by atoms with Crippen LogP contribution < -0.4 is 5.32 Å². The molecule has 0 unspecified atom stereocenters. The van der Waals surface area contributed by atoms with Crippen LogP contribution in [0.4, 0.5) is 5.13 Å². The van der Waals surface area contributed by atoms with Crippen LogP contribution in [-0.2, 0) is 0 Å². The summed E-state index contributed by atoms with van der Waals surface area (Å²) in [5.74, 6) is -2.53. The quantitative estimate of drug-likeness (QED) is 0.671. The maximum atomic E-state index is 12.2. The summed E-state index contributed by atoms with van der Waals surface area (Å²) >= 11 is 1.16. The fourth-order valence-corrected chi connectivity index (χ4v) is 2.94. The molecular weight excluding hydrogens is 332 g/mol. The molecule has 0 radical (unpaired) electrons. The second kappa shape index (κ2) is 6.09. The summed E-state index contributed by atoms with van der Waals surface area (Å²) in [7, 11) is 0. The molecule has 3 N–H and O–H groups in total. The molecule has 24 heavy (non-hydrogen) atoms. The van der Waals surface area contributed by atoms with Gasteiger partial charge in [-0.05, 0) is 42.5 Å². The van der Waals surface area contributed by atoms with Gasteiger partial charge >= 0.3 is 11.9 Å². The number of nitrogens with one attached hydrogen (secondary N) is 1. The molecule has 0 spiro atoms. The van der Waals surface area contributed by atoms with E-state index in [-0.39, 0.29) is 11.1 Å². The molecule has 0 saturated heterocycles. The highest BCUT2D eigenvalue weighted by atomic mass is 32.1. The van der Waals surface area contributed by atoms with E-state index in [4.69, 9.17) is 10.2 Å². The summed E-state index contributed by atoms with van der Waals surface area (Å²) in [6.07, 6.45) is 0. The first kappa shape index (κ1) is 15.6. The Labute approximate surface area is 139 Å². The van der Waals surface area contributed by atoms with Crippen molar-refractivity contribution in [2.75, 3.05) is 5.32 Å². The Bertz CT molecular complexity index is 962. The van der Waals surface area contributed by atoms with Gasteiger partial charge in [0, 0.05) is 5.56 Å². The Balaban J connectivity index is 1.82. The smallest absolute Gasteiger partial charge is 0.335 e. The summed E-state index contributed by atoms with van der Waals surface area (Å²) in [6, 6.07) is 10.0. The predicted octanol–water partition coefficient (Wildman–Crippen LogP) is 2.95. The molecule has 0 saturated carbocycles. The van der Waals surface area contributed by atoms with E-state index in [9.17, 15) is 14.4 Å². The van der Waals surface area contributed by atoms with E-state index in [2.05, 4.69) is 10.3 Å². The van der Waals surface area contributed by atoms with Gasteiger partial charge in [-0.2, -0.15) is 0 Å². The zero-order chi connectivity index (χ0) is 17.3. The van der Waals surface area contributed by atoms with Crippen molar-refractivity contribution >= 4 is 44.5 Å². The van der Waals surface area contributed by atoms with E-state index in [0.717, 1.165) is 11.3 Å². The van der Waals surface area contributed by atoms with Gasteiger partial charge in [-0.25, -0.2) is 14.6 Å². The number of carbonyl (C=O) groups is 3. The standard InChI is InChI=1S/C16H10N2O5S/c19-13(8-1-3-9(4-2-8)14(20)21)18-16-17-11-6-5-10(15(22)23)7-12(11)24-16/h1-7H,(H,20,21)(H,22,23)(H,17,18,19). The number of anilines is 1. The summed E-state index contributed by atoms with van der Waals surface area (Å²) < 4.78 is 0.645. The number of benzene rings is 2. The first-order valence-electron chi connectivity index (χ1n) is 6.72. The highest BCUT2D eigenvalue weighted by molar-refractivity contribution is 7.22. The molecule has 2 aromatic carbocycles. The summed E-state index contributed by atoms with van der Waals surface area (Å²) in [5.41, 5.74) is 1.12. The lowest BCUT2D eigenvalue weighted by atomic mass is 10.1. The minimum atomic E-state index is -1.07. The number of thiazole rings is 1. The molecule has 0 atom stereocenters. The monoisotopic (exact) mass is 342 g/mol. The van der Waals surface area contributed by atoms with E-state index in [0.29, 0.717) is 20.9 Å². The van der Waals surface area contributed by atoms with Gasteiger partial charge < -0.3 is 10.2 Å². The molecule has 3 rings (SSSR count). The molecule has 0 aliphatic rings. The molecule has 120 valence electrons. The molecular formula is C16H10N2O5S. The number of amides is 1. The van der Waals surface area contributed by atoms with Crippen LogP contribution in [0.2, 0.25) is 0 Å². The zero-order valence-corrected chi connectivity index (χ0v) is 12.8. The van der Waals surface area contributed by atoms with Crippen molar-refractivity contribution in [2.45, 2.75) is 0 Å². The number of fused-ring (bicyclic) bond motifs is 1. The molecule has 3 aromatic rings. The molecule has 0 bridgehead atoms. The zero-order valence-electron chi connectivity index (χ0n) is 12.0. The van der Waals surface area contributed by atoms with Gasteiger partial charge in [0.1, 0.15) is 0 Å². The first-order valence-corrected chi connectivity index (χ1v) is 7.54. The number of carboxylic acids is 2.